The normalized spacial score (nSPS) is 18.9. The molecule has 0 bridgehead atoms. The van der Waals surface area contributed by atoms with E-state index in [1.807, 2.05) is 12.1 Å². The van der Waals surface area contributed by atoms with Gasteiger partial charge in [0.2, 0.25) is 0 Å². The van der Waals surface area contributed by atoms with Crippen molar-refractivity contribution in [2.24, 2.45) is 5.73 Å². The molecular formula is C12H15Cl2N3O. The maximum Gasteiger partial charge on any atom is 0.101 e. The van der Waals surface area contributed by atoms with E-state index in [-0.39, 0.29) is 18.5 Å². The smallest absolute Gasteiger partial charge is 0.101 e. The van der Waals surface area contributed by atoms with Crippen LogP contribution in [0.25, 0.3) is 0 Å². The first-order valence-corrected chi connectivity index (χ1v) is 5.88. The SMILES string of the molecule is Cl.N#Cc1ccc(N2CCOC(CN)C2)cc1Cl. The van der Waals surface area contributed by atoms with Crippen molar-refractivity contribution in [3.05, 3.63) is 28.8 Å². The van der Waals surface area contributed by atoms with Gasteiger partial charge in [-0.25, -0.2) is 0 Å². The fraction of sp³-hybridized carbons (Fsp3) is 0.417. The molecule has 18 heavy (non-hydrogen) atoms. The van der Waals surface area contributed by atoms with E-state index in [2.05, 4.69) is 11.0 Å². The lowest BCUT2D eigenvalue weighted by molar-refractivity contribution is 0.0466. The molecule has 2 rings (SSSR count). The monoisotopic (exact) mass is 287 g/mol. The van der Waals surface area contributed by atoms with Crippen LogP contribution in [0.1, 0.15) is 5.56 Å². The second-order valence-electron chi connectivity index (χ2n) is 3.95. The van der Waals surface area contributed by atoms with Crippen molar-refractivity contribution < 1.29 is 4.74 Å². The van der Waals surface area contributed by atoms with Crippen molar-refractivity contribution in [1.82, 2.24) is 0 Å². The zero-order valence-electron chi connectivity index (χ0n) is 9.80. The van der Waals surface area contributed by atoms with Crippen molar-refractivity contribution in [1.29, 1.82) is 5.26 Å². The first kappa shape index (κ1) is 15.1. The number of nitrogens with two attached hydrogens (primary N) is 1. The standard InChI is InChI=1S/C12H14ClN3O.ClH/c13-12-5-10(2-1-9(12)6-14)16-3-4-17-11(7-15)8-16;/h1-2,5,11H,3-4,7-8,15H2;1H. The van der Waals surface area contributed by atoms with E-state index >= 15 is 0 Å². The number of nitrogens with zero attached hydrogens (tertiary/aromatic N) is 2. The van der Waals surface area contributed by atoms with Gasteiger partial charge in [-0.15, -0.1) is 12.4 Å². The van der Waals surface area contributed by atoms with E-state index in [9.17, 15) is 0 Å². The van der Waals surface area contributed by atoms with Crippen molar-refractivity contribution in [2.75, 3.05) is 31.1 Å². The summed E-state index contributed by atoms with van der Waals surface area (Å²) >= 11 is 6.01. The number of benzene rings is 1. The third-order valence-electron chi connectivity index (χ3n) is 2.84. The number of hydrogen-bond donors (Lipinski definition) is 1. The van der Waals surface area contributed by atoms with Crippen LogP contribution in [-0.2, 0) is 4.74 Å². The fourth-order valence-electron chi connectivity index (χ4n) is 1.89. The minimum absolute atomic E-state index is 0. The topological polar surface area (TPSA) is 62.3 Å². The van der Waals surface area contributed by atoms with Gasteiger partial charge >= 0.3 is 0 Å². The molecule has 2 N–H and O–H groups in total. The third kappa shape index (κ3) is 3.27. The van der Waals surface area contributed by atoms with Gasteiger partial charge in [0, 0.05) is 25.3 Å². The van der Waals surface area contributed by atoms with Gasteiger partial charge in [-0.05, 0) is 18.2 Å². The number of nitriles is 1. The summed E-state index contributed by atoms with van der Waals surface area (Å²) in [6.45, 7) is 2.76. The average Bonchev–Trinajstić information content (AvgIpc) is 2.38. The molecule has 4 nitrogen and oxygen atoms in total. The Morgan fingerprint density at radius 3 is 2.94 bits per heavy atom. The Morgan fingerprint density at radius 2 is 2.33 bits per heavy atom. The van der Waals surface area contributed by atoms with E-state index < -0.39 is 0 Å². The van der Waals surface area contributed by atoms with E-state index in [1.165, 1.54) is 0 Å². The highest BCUT2D eigenvalue weighted by atomic mass is 35.5. The Morgan fingerprint density at radius 1 is 1.56 bits per heavy atom. The fourth-order valence-corrected chi connectivity index (χ4v) is 2.10. The summed E-state index contributed by atoms with van der Waals surface area (Å²) in [7, 11) is 0. The molecule has 1 unspecified atom stereocenters. The summed E-state index contributed by atoms with van der Waals surface area (Å²) in [4.78, 5) is 2.17. The number of morpholine rings is 1. The van der Waals surface area contributed by atoms with Crippen molar-refractivity contribution in [3.8, 4) is 6.07 Å². The number of halogens is 2. The molecule has 1 atom stereocenters. The van der Waals surface area contributed by atoms with Gasteiger partial charge in [0.05, 0.1) is 23.3 Å². The quantitative estimate of drug-likeness (QED) is 0.901. The summed E-state index contributed by atoms with van der Waals surface area (Å²) in [5.41, 5.74) is 7.11. The molecule has 1 heterocycles. The Balaban J connectivity index is 0.00000162. The number of anilines is 1. The van der Waals surface area contributed by atoms with Gasteiger partial charge in [-0.1, -0.05) is 11.6 Å². The predicted molar refractivity (Wildman–Crippen MR) is 74.4 cm³/mol. The van der Waals surface area contributed by atoms with Crippen LogP contribution in [0.15, 0.2) is 18.2 Å². The molecule has 1 aromatic carbocycles. The van der Waals surface area contributed by atoms with Crippen molar-refractivity contribution in [2.45, 2.75) is 6.10 Å². The van der Waals surface area contributed by atoms with Crippen molar-refractivity contribution >= 4 is 29.7 Å². The molecule has 1 aliphatic heterocycles. The molecule has 1 saturated heterocycles. The van der Waals surface area contributed by atoms with Crippen LogP contribution >= 0.6 is 24.0 Å². The molecule has 98 valence electrons. The maximum absolute atomic E-state index is 8.82. The highest BCUT2D eigenvalue weighted by molar-refractivity contribution is 6.32. The lowest BCUT2D eigenvalue weighted by Gasteiger charge is -2.34. The molecule has 6 heteroatoms. The summed E-state index contributed by atoms with van der Waals surface area (Å²) < 4.78 is 5.50. The van der Waals surface area contributed by atoms with Gasteiger partial charge in [0.1, 0.15) is 6.07 Å². The molecule has 0 radical (unpaired) electrons. The van der Waals surface area contributed by atoms with Crippen LogP contribution in [-0.4, -0.2) is 32.3 Å². The summed E-state index contributed by atoms with van der Waals surface area (Å²) in [5, 5.41) is 9.30. The lowest BCUT2D eigenvalue weighted by Crippen LogP contribution is -2.45. The molecule has 0 saturated carbocycles. The number of ether oxygens (including phenoxy) is 1. The van der Waals surface area contributed by atoms with E-state index in [1.54, 1.807) is 6.07 Å². The second kappa shape index (κ2) is 6.81. The van der Waals surface area contributed by atoms with Crippen LogP contribution < -0.4 is 10.6 Å². The summed E-state index contributed by atoms with van der Waals surface area (Å²) in [6.07, 6.45) is 0.0677. The Hall–Kier alpha value is -0.990. The lowest BCUT2D eigenvalue weighted by atomic mass is 10.2. The van der Waals surface area contributed by atoms with Gasteiger partial charge in [0.25, 0.3) is 0 Å². The average molecular weight is 288 g/mol. The van der Waals surface area contributed by atoms with Gasteiger partial charge in [-0.2, -0.15) is 5.26 Å². The molecule has 0 amide bonds. The first-order valence-electron chi connectivity index (χ1n) is 5.51. The third-order valence-corrected chi connectivity index (χ3v) is 3.15. The number of rotatable bonds is 2. The Labute approximate surface area is 118 Å². The van der Waals surface area contributed by atoms with Crippen LogP contribution in [0.4, 0.5) is 5.69 Å². The summed E-state index contributed by atoms with van der Waals surface area (Å²) in [5.74, 6) is 0. The molecule has 1 aliphatic rings. The first-order chi connectivity index (χ1) is 8.24. The van der Waals surface area contributed by atoms with Crippen LogP contribution in [0.2, 0.25) is 5.02 Å². The summed E-state index contributed by atoms with van der Waals surface area (Å²) in [6, 6.07) is 7.52. The molecule has 1 fully saturated rings. The zero-order chi connectivity index (χ0) is 12.3. The Kier molecular flexibility index (Phi) is 5.70. The highest BCUT2D eigenvalue weighted by Gasteiger charge is 2.19. The van der Waals surface area contributed by atoms with Crippen molar-refractivity contribution in [3.63, 3.8) is 0 Å². The van der Waals surface area contributed by atoms with Crippen LogP contribution in [0.5, 0.6) is 0 Å². The molecule has 1 aromatic rings. The number of hydrogen-bond acceptors (Lipinski definition) is 4. The van der Waals surface area contributed by atoms with Crippen LogP contribution in [0, 0.1) is 11.3 Å². The van der Waals surface area contributed by atoms with Gasteiger partial charge < -0.3 is 15.4 Å². The molecule has 0 aromatic heterocycles. The van der Waals surface area contributed by atoms with Gasteiger partial charge in [0.15, 0.2) is 0 Å². The minimum Gasteiger partial charge on any atom is -0.373 e. The van der Waals surface area contributed by atoms with E-state index in [0.717, 1.165) is 18.8 Å². The zero-order valence-corrected chi connectivity index (χ0v) is 11.4. The van der Waals surface area contributed by atoms with Gasteiger partial charge in [-0.3, -0.25) is 0 Å². The van der Waals surface area contributed by atoms with E-state index in [4.69, 9.17) is 27.3 Å². The Bertz CT molecular complexity index is 447. The molecular weight excluding hydrogens is 273 g/mol. The van der Waals surface area contributed by atoms with E-state index in [0.29, 0.717) is 23.7 Å². The molecule has 0 spiro atoms. The highest BCUT2D eigenvalue weighted by Crippen LogP contribution is 2.24. The van der Waals surface area contributed by atoms with Crippen LogP contribution in [0.3, 0.4) is 0 Å². The minimum atomic E-state index is 0. The second-order valence-corrected chi connectivity index (χ2v) is 4.36. The maximum atomic E-state index is 8.82. The largest absolute Gasteiger partial charge is 0.373 e. The predicted octanol–water partition coefficient (Wildman–Crippen LogP) is 1.80. The molecule has 0 aliphatic carbocycles.